The zero-order chi connectivity index (χ0) is 19.1. The standard InChI is InChI=1S/C21H27N3O3.HI/c1-3-17(27-18-7-4-6-15(2)12-18)14-23-21(22)24-16-8-9-19-20(13-16)26-11-5-10-25-19;/h4,6-9,12-13,17H,3,5,10-11,14H2,1-2H3,(H3,22,23,24);1H. The molecule has 3 rings (SSSR count). The summed E-state index contributed by atoms with van der Waals surface area (Å²) in [5.74, 6) is 2.67. The van der Waals surface area contributed by atoms with Crippen LogP contribution in [0.25, 0.3) is 0 Å². The molecule has 0 radical (unpaired) electrons. The van der Waals surface area contributed by atoms with Crippen molar-refractivity contribution in [1.82, 2.24) is 0 Å². The fourth-order valence-electron chi connectivity index (χ4n) is 2.76. The van der Waals surface area contributed by atoms with E-state index in [1.807, 2.05) is 49.4 Å². The third-order valence-electron chi connectivity index (χ3n) is 4.23. The Balaban J connectivity index is 0.00000280. The van der Waals surface area contributed by atoms with Crippen LogP contribution in [0, 0.1) is 6.92 Å². The summed E-state index contributed by atoms with van der Waals surface area (Å²) in [5.41, 5.74) is 8.03. The molecule has 3 N–H and O–H groups in total. The zero-order valence-electron chi connectivity index (χ0n) is 16.3. The Morgan fingerprint density at radius 1 is 1.18 bits per heavy atom. The average Bonchev–Trinajstić information content (AvgIpc) is 2.90. The molecule has 152 valence electrons. The van der Waals surface area contributed by atoms with E-state index in [0.29, 0.717) is 25.7 Å². The van der Waals surface area contributed by atoms with Gasteiger partial charge in [0.1, 0.15) is 11.9 Å². The van der Waals surface area contributed by atoms with Gasteiger partial charge in [-0.25, -0.2) is 4.99 Å². The molecular formula is C21H28IN3O3. The van der Waals surface area contributed by atoms with Crippen LogP contribution in [0.5, 0.6) is 17.2 Å². The Hall–Kier alpha value is -2.16. The first-order chi connectivity index (χ1) is 13.1. The molecule has 1 atom stereocenters. The molecule has 0 aromatic heterocycles. The third kappa shape index (κ3) is 6.47. The number of ether oxygens (including phenoxy) is 3. The lowest BCUT2D eigenvalue weighted by molar-refractivity contribution is 0.205. The van der Waals surface area contributed by atoms with Crippen molar-refractivity contribution in [3.63, 3.8) is 0 Å². The van der Waals surface area contributed by atoms with E-state index in [-0.39, 0.29) is 30.1 Å². The Morgan fingerprint density at radius 2 is 1.96 bits per heavy atom. The van der Waals surface area contributed by atoms with Crippen LogP contribution in [-0.2, 0) is 0 Å². The first-order valence-corrected chi connectivity index (χ1v) is 9.34. The number of hydrogen-bond acceptors (Lipinski definition) is 4. The van der Waals surface area contributed by atoms with Gasteiger partial charge in [-0.2, -0.15) is 0 Å². The van der Waals surface area contributed by atoms with E-state index < -0.39 is 0 Å². The molecule has 0 aliphatic carbocycles. The van der Waals surface area contributed by atoms with E-state index in [9.17, 15) is 0 Å². The van der Waals surface area contributed by atoms with Crippen LogP contribution in [0.1, 0.15) is 25.3 Å². The van der Waals surface area contributed by atoms with Crippen molar-refractivity contribution in [3.05, 3.63) is 48.0 Å². The van der Waals surface area contributed by atoms with Crippen LogP contribution in [0.2, 0.25) is 0 Å². The van der Waals surface area contributed by atoms with Crippen molar-refractivity contribution in [1.29, 1.82) is 0 Å². The molecular weight excluding hydrogens is 469 g/mol. The number of nitrogens with two attached hydrogens (primary N) is 1. The summed E-state index contributed by atoms with van der Waals surface area (Å²) < 4.78 is 17.3. The van der Waals surface area contributed by atoms with Gasteiger partial charge in [0, 0.05) is 18.2 Å². The Bertz CT molecular complexity index is 798. The molecule has 0 fully saturated rings. The fourth-order valence-corrected chi connectivity index (χ4v) is 2.76. The molecule has 0 bridgehead atoms. The Morgan fingerprint density at radius 3 is 2.71 bits per heavy atom. The van der Waals surface area contributed by atoms with E-state index in [2.05, 4.69) is 17.2 Å². The van der Waals surface area contributed by atoms with Gasteiger partial charge in [0.15, 0.2) is 17.5 Å². The summed E-state index contributed by atoms with van der Waals surface area (Å²) in [6, 6.07) is 13.7. The van der Waals surface area contributed by atoms with Crippen LogP contribution in [0.3, 0.4) is 0 Å². The van der Waals surface area contributed by atoms with Gasteiger partial charge in [-0.05, 0) is 43.2 Å². The predicted octanol–water partition coefficient (Wildman–Crippen LogP) is 4.36. The molecule has 0 saturated heterocycles. The molecule has 28 heavy (non-hydrogen) atoms. The topological polar surface area (TPSA) is 78.1 Å². The summed E-state index contributed by atoms with van der Waals surface area (Å²) in [6.07, 6.45) is 1.69. The largest absolute Gasteiger partial charge is 0.490 e. The van der Waals surface area contributed by atoms with Gasteiger partial charge in [0.2, 0.25) is 0 Å². The lowest BCUT2D eigenvalue weighted by Crippen LogP contribution is -2.26. The smallest absolute Gasteiger partial charge is 0.193 e. The van der Waals surface area contributed by atoms with Gasteiger partial charge in [-0.1, -0.05) is 19.1 Å². The summed E-state index contributed by atoms with van der Waals surface area (Å²) in [6.45, 7) is 5.91. The Kier molecular flexibility index (Phi) is 8.69. The van der Waals surface area contributed by atoms with Crippen molar-refractivity contribution in [3.8, 4) is 17.2 Å². The minimum absolute atomic E-state index is 0. The molecule has 1 unspecified atom stereocenters. The number of hydrogen-bond donors (Lipinski definition) is 2. The van der Waals surface area contributed by atoms with Crippen molar-refractivity contribution >= 4 is 35.6 Å². The number of guanidine groups is 1. The fraction of sp³-hybridized carbons (Fsp3) is 0.381. The number of nitrogens with one attached hydrogen (secondary N) is 1. The van der Waals surface area contributed by atoms with Crippen molar-refractivity contribution in [2.24, 2.45) is 10.7 Å². The van der Waals surface area contributed by atoms with Gasteiger partial charge < -0.3 is 25.3 Å². The van der Waals surface area contributed by atoms with E-state index in [4.69, 9.17) is 19.9 Å². The number of rotatable bonds is 6. The SMILES string of the molecule is CCC(CN=C(N)Nc1ccc2c(c1)OCCCO2)Oc1cccc(C)c1.I. The number of nitrogens with zero attached hydrogens (tertiary/aromatic N) is 1. The van der Waals surface area contributed by atoms with Crippen LogP contribution in [-0.4, -0.2) is 31.8 Å². The molecule has 2 aromatic rings. The highest BCUT2D eigenvalue weighted by Gasteiger charge is 2.11. The normalized spacial score (nSPS) is 14.4. The number of aryl methyl sites for hydroxylation is 1. The molecule has 7 heteroatoms. The highest BCUT2D eigenvalue weighted by atomic mass is 127. The highest BCUT2D eigenvalue weighted by molar-refractivity contribution is 14.0. The maximum atomic E-state index is 6.04. The van der Waals surface area contributed by atoms with Gasteiger partial charge >= 0.3 is 0 Å². The second-order valence-electron chi connectivity index (χ2n) is 6.53. The molecule has 1 heterocycles. The van der Waals surface area contributed by atoms with Gasteiger partial charge in [0.05, 0.1) is 19.8 Å². The maximum absolute atomic E-state index is 6.04. The van der Waals surface area contributed by atoms with Crippen molar-refractivity contribution in [2.45, 2.75) is 32.8 Å². The van der Waals surface area contributed by atoms with E-state index in [1.54, 1.807) is 0 Å². The van der Waals surface area contributed by atoms with Crippen LogP contribution in [0.15, 0.2) is 47.5 Å². The lowest BCUT2D eigenvalue weighted by atomic mass is 10.2. The molecule has 6 nitrogen and oxygen atoms in total. The van der Waals surface area contributed by atoms with E-state index in [0.717, 1.165) is 35.8 Å². The molecule has 0 spiro atoms. The van der Waals surface area contributed by atoms with E-state index >= 15 is 0 Å². The minimum atomic E-state index is -0.0315. The summed E-state index contributed by atoms with van der Waals surface area (Å²) >= 11 is 0. The number of fused-ring (bicyclic) bond motifs is 1. The number of benzene rings is 2. The summed E-state index contributed by atoms with van der Waals surface area (Å²) in [4.78, 5) is 4.43. The van der Waals surface area contributed by atoms with Crippen LogP contribution >= 0.6 is 24.0 Å². The third-order valence-corrected chi connectivity index (χ3v) is 4.23. The monoisotopic (exact) mass is 497 g/mol. The minimum Gasteiger partial charge on any atom is -0.490 e. The highest BCUT2D eigenvalue weighted by Crippen LogP contribution is 2.32. The lowest BCUT2D eigenvalue weighted by Gasteiger charge is -2.16. The first-order valence-electron chi connectivity index (χ1n) is 9.34. The van der Waals surface area contributed by atoms with Crippen LogP contribution < -0.4 is 25.3 Å². The second kappa shape index (κ2) is 11.0. The predicted molar refractivity (Wildman–Crippen MR) is 123 cm³/mol. The van der Waals surface area contributed by atoms with Crippen LogP contribution in [0.4, 0.5) is 5.69 Å². The summed E-state index contributed by atoms with van der Waals surface area (Å²) in [5, 5.41) is 3.10. The number of aliphatic imine (C=N–C) groups is 1. The zero-order valence-corrected chi connectivity index (χ0v) is 18.6. The second-order valence-corrected chi connectivity index (χ2v) is 6.53. The average molecular weight is 497 g/mol. The molecule has 0 amide bonds. The first kappa shape index (κ1) is 22.1. The molecule has 2 aromatic carbocycles. The van der Waals surface area contributed by atoms with Crippen molar-refractivity contribution < 1.29 is 14.2 Å². The molecule has 0 saturated carbocycles. The Labute approximate surface area is 183 Å². The molecule has 1 aliphatic rings. The van der Waals surface area contributed by atoms with Gasteiger partial charge in [-0.3, -0.25) is 0 Å². The quantitative estimate of drug-likeness (QED) is 0.353. The van der Waals surface area contributed by atoms with E-state index in [1.165, 1.54) is 5.56 Å². The summed E-state index contributed by atoms with van der Waals surface area (Å²) in [7, 11) is 0. The van der Waals surface area contributed by atoms with Crippen molar-refractivity contribution in [2.75, 3.05) is 25.1 Å². The van der Waals surface area contributed by atoms with Gasteiger partial charge in [0.25, 0.3) is 0 Å². The molecule has 1 aliphatic heterocycles. The number of anilines is 1. The maximum Gasteiger partial charge on any atom is 0.193 e. The number of halogens is 1. The van der Waals surface area contributed by atoms with Gasteiger partial charge in [-0.15, -0.1) is 24.0 Å².